The minimum atomic E-state index is -1.07. The molecule has 0 bridgehead atoms. The van der Waals surface area contributed by atoms with E-state index in [2.05, 4.69) is 9.97 Å². The van der Waals surface area contributed by atoms with E-state index < -0.39 is 23.4 Å². The number of carboxylic acids is 1. The number of fused-ring (bicyclic) bond motifs is 1. The summed E-state index contributed by atoms with van der Waals surface area (Å²) in [5.74, 6) is -2.48. The van der Waals surface area contributed by atoms with Crippen molar-refractivity contribution in [1.82, 2.24) is 14.5 Å². The average Bonchev–Trinajstić information content (AvgIpc) is 3.71. The Morgan fingerprint density at radius 3 is 2.51 bits per heavy atom. The summed E-state index contributed by atoms with van der Waals surface area (Å²) in [4.78, 5) is 20.6. The molecule has 0 atom stereocenters. The number of imidazole rings is 1. The molecule has 1 aliphatic carbocycles. The van der Waals surface area contributed by atoms with Crippen LogP contribution in [0.15, 0.2) is 66.7 Å². The first-order valence-electron chi connectivity index (χ1n) is 14.2. The van der Waals surface area contributed by atoms with Gasteiger partial charge in [-0.3, -0.25) is 0 Å². The summed E-state index contributed by atoms with van der Waals surface area (Å²) in [7, 11) is 1.63. The number of nitriles is 1. The van der Waals surface area contributed by atoms with E-state index in [1.54, 1.807) is 25.3 Å². The first kappa shape index (κ1) is 29.8. The fourth-order valence-corrected chi connectivity index (χ4v) is 5.40. The molecule has 228 valence electrons. The van der Waals surface area contributed by atoms with Gasteiger partial charge in [0.2, 0.25) is 5.88 Å². The second-order valence-corrected chi connectivity index (χ2v) is 11.2. The molecule has 0 unspecified atom stereocenters. The number of hydrogen-bond acceptors (Lipinski definition) is 6. The Hall–Kier alpha value is -5.21. The number of carboxylic acid groups (broad SMARTS) is 1. The van der Waals surface area contributed by atoms with Crippen molar-refractivity contribution < 1.29 is 32.5 Å². The third-order valence-corrected chi connectivity index (χ3v) is 8.02. The highest BCUT2D eigenvalue weighted by atomic mass is 19.1. The molecule has 0 amide bonds. The number of ether oxygens (including phenoxy) is 2. The molecule has 0 radical (unpaired) electrons. The van der Waals surface area contributed by atoms with Crippen molar-refractivity contribution in [1.29, 1.82) is 5.26 Å². The number of halogens is 3. The Morgan fingerprint density at radius 1 is 1.00 bits per heavy atom. The molecule has 1 fully saturated rings. The van der Waals surface area contributed by atoms with Gasteiger partial charge in [0, 0.05) is 42.7 Å². The molecular weight excluding hydrogens is 585 g/mol. The zero-order valence-electron chi connectivity index (χ0n) is 24.2. The van der Waals surface area contributed by atoms with E-state index in [0.717, 1.165) is 31.0 Å². The molecule has 0 spiro atoms. The van der Waals surface area contributed by atoms with Crippen LogP contribution in [0.4, 0.5) is 13.2 Å². The van der Waals surface area contributed by atoms with E-state index in [1.165, 1.54) is 30.3 Å². The van der Waals surface area contributed by atoms with Crippen molar-refractivity contribution in [2.75, 3.05) is 13.7 Å². The third-order valence-electron chi connectivity index (χ3n) is 8.02. The van der Waals surface area contributed by atoms with Crippen molar-refractivity contribution in [3.05, 3.63) is 112 Å². The van der Waals surface area contributed by atoms with Gasteiger partial charge in [-0.05, 0) is 66.9 Å². The topological polar surface area (TPSA) is 110 Å². The maximum absolute atomic E-state index is 15.6. The molecule has 6 rings (SSSR count). The largest absolute Gasteiger partial charge is 0.478 e. The summed E-state index contributed by atoms with van der Waals surface area (Å²) >= 11 is 0. The van der Waals surface area contributed by atoms with E-state index in [9.17, 15) is 14.3 Å². The number of methoxy groups -OCH3 is 1. The van der Waals surface area contributed by atoms with Gasteiger partial charge in [-0.25, -0.2) is 27.9 Å². The van der Waals surface area contributed by atoms with Crippen LogP contribution in [0.5, 0.6) is 5.88 Å². The van der Waals surface area contributed by atoms with Gasteiger partial charge < -0.3 is 19.1 Å². The van der Waals surface area contributed by atoms with Crippen molar-refractivity contribution in [3.63, 3.8) is 0 Å². The maximum Gasteiger partial charge on any atom is 0.335 e. The Labute approximate surface area is 256 Å². The van der Waals surface area contributed by atoms with E-state index in [0.29, 0.717) is 30.0 Å². The second kappa shape index (κ2) is 12.1. The van der Waals surface area contributed by atoms with Gasteiger partial charge in [0.1, 0.15) is 29.9 Å². The predicted molar refractivity (Wildman–Crippen MR) is 158 cm³/mol. The second-order valence-electron chi connectivity index (χ2n) is 11.2. The van der Waals surface area contributed by atoms with E-state index in [1.807, 2.05) is 10.6 Å². The van der Waals surface area contributed by atoms with Gasteiger partial charge in [-0.1, -0.05) is 12.1 Å². The highest BCUT2D eigenvalue weighted by molar-refractivity contribution is 5.92. The van der Waals surface area contributed by atoms with Crippen LogP contribution >= 0.6 is 0 Å². The number of hydrogen-bond donors (Lipinski definition) is 1. The van der Waals surface area contributed by atoms with Crippen LogP contribution in [-0.4, -0.2) is 39.3 Å². The van der Waals surface area contributed by atoms with Crippen LogP contribution in [0.25, 0.3) is 22.3 Å². The Bertz CT molecular complexity index is 1980. The summed E-state index contributed by atoms with van der Waals surface area (Å²) in [6.45, 7) is 0.839. The lowest BCUT2D eigenvalue weighted by atomic mass is 10.0. The fraction of sp³-hybridized carbons (Fsp3) is 0.235. The minimum Gasteiger partial charge on any atom is -0.478 e. The maximum atomic E-state index is 15.6. The smallest absolute Gasteiger partial charge is 0.335 e. The summed E-state index contributed by atoms with van der Waals surface area (Å²) in [5.41, 5.74) is 1.65. The Kier molecular flexibility index (Phi) is 7.99. The number of nitrogens with zero attached hydrogens (tertiary/aromatic N) is 4. The summed E-state index contributed by atoms with van der Waals surface area (Å²) in [5, 5.41) is 18.5. The van der Waals surface area contributed by atoms with Gasteiger partial charge in [-0.15, -0.1) is 0 Å². The molecule has 5 aromatic rings. The normalized spacial score (nSPS) is 13.5. The van der Waals surface area contributed by atoms with Gasteiger partial charge in [0.15, 0.2) is 0 Å². The van der Waals surface area contributed by atoms with Crippen LogP contribution in [-0.2, 0) is 24.3 Å². The SMILES string of the molecule is COCC1(Cn2c(Cc3cc(F)c(-c4cccc(OCc5ccc(C#N)cc5F)n4)cc3F)nc3ccc(C(=O)O)cc32)CC1. The van der Waals surface area contributed by atoms with Gasteiger partial charge >= 0.3 is 5.97 Å². The zero-order chi connectivity index (χ0) is 31.7. The first-order valence-corrected chi connectivity index (χ1v) is 14.2. The quantitative estimate of drug-likeness (QED) is 0.177. The molecule has 45 heavy (non-hydrogen) atoms. The number of pyridine rings is 1. The molecule has 0 aliphatic heterocycles. The molecule has 1 N–H and O–H groups in total. The summed E-state index contributed by atoms with van der Waals surface area (Å²) < 4.78 is 58.3. The van der Waals surface area contributed by atoms with Crippen LogP contribution in [0, 0.1) is 34.2 Å². The lowest BCUT2D eigenvalue weighted by molar-refractivity contribution is 0.0697. The molecule has 1 aliphatic rings. The van der Waals surface area contributed by atoms with Crippen LogP contribution < -0.4 is 4.74 Å². The molecule has 1 saturated carbocycles. The Morgan fingerprint density at radius 2 is 1.80 bits per heavy atom. The predicted octanol–water partition coefficient (Wildman–Crippen LogP) is 6.68. The van der Waals surface area contributed by atoms with E-state index in [-0.39, 0.29) is 57.8 Å². The fourth-order valence-electron chi connectivity index (χ4n) is 5.40. The minimum absolute atomic E-state index is 0.0318. The number of benzene rings is 3. The number of carbonyl (C=O) groups is 1. The van der Waals surface area contributed by atoms with Crippen LogP contribution in [0.2, 0.25) is 0 Å². The molecule has 0 saturated heterocycles. The van der Waals surface area contributed by atoms with Crippen molar-refractivity contribution in [2.24, 2.45) is 5.41 Å². The lowest BCUT2D eigenvalue weighted by Crippen LogP contribution is -2.19. The third kappa shape index (κ3) is 6.23. The average molecular weight is 613 g/mol. The van der Waals surface area contributed by atoms with Crippen molar-refractivity contribution in [2.45, 2.75) is 32.4 Å². The number of aromatic carboxylic acids is 1. The highest BCUT2D eigenvalue weighted by Gasteiger charge is 2.43. The molecule has 2 aromatic heterocycles. The molecule has 3 aromatic carbocycles. The van der Waals surface area contributed by atoms with Crippen LogP contribution in [0.1, 0.15) is 45.7 Å². The zero-order valence-corrected chi connectivity index (χ0v) is 24.2. The van der Waals surface area contributed by atoms with Crippen LogP contribution in [0.3, 0.4) is 0 Å². The molecule has 11 heteroatoms. The van der Waals surface area contributed by atoms with Gasteiger partial charge in [0.05, 0.1) is 40.5 Å². The van der Waals surface area contributed by atoms with Gasteiger partial charge in [-0.2, -0.15) is 5.26 Å². The highest BCUT2D eigenvalue weighted by Crippen LogP contribution is 2.48. The number of rotatable bonds is 11. The Balaban J connectivity index is 1.27. The van der Waals surface area contributed by atoms with Crippen molar-refractivity contribution in [3.8, 4) is 23.2 Å². The summed E-state index contributed by atoms with van der Waals surface area (Å²) in [6, 6.07) is 17.3. The lowest BCUT2D eigenvalue weighted by Gasteiger charge is -2.18. The molecule has 8 nitrogen and oxygen atoms in total. The summed E-state index contributed by atoms with van der Waals surface area (Å²) in [6.07, 6.45) is 1.82. The standard InChI is InChI=1S/C34H27F3N4O4/c1-44-19-34(9-10-34)18-41-30-13-21(33(42)43)7-8-29(30)39-31(41)14-23-12-27(37)24(15-26(23)36)28-3-2-4-32(40-28)45-17-22-6-5-20(16-38)11-25(22)35/h2-8,11-13,15H,9-10,14,17-19H2,1H3,(H,42,43). The molecule has 2 heterocycles. The van der Waals surface area contributed by atoms with Gasteiger partial charge in [0.25, 0.3) is 0 Å². The molecular formula is C34H27F3N4O4. The van der Waals surface area contributed by atoms with E-state index in [4.69, 9.17) is 14.7 Å². The monoisotopic (exact) mass is 612 g/mol. The first-order chi connectivity index (χ1) is 21.7. The van der Waals surface area contributed by atoms with E-state index >= 15 is 8.78 Å². The number of aromatic nitrogens is 3. The van der Waals surface area contributed by atoms with Crippen molar-refractivity contribution >= 4 is 17.0 Å².